The zero-order valence-electron chi connectivity index (χ0n) is 19.5. The van der Waals surface area contributed by atoms with Crippen molar-refractivity contribution < 1.29 is 9.21 Å². The highest BCUT2D eigenvalue weighted by molar-refractivity contribution is 5.97. The van der Waals surface area contributed by atoms with Crippen molar-refractivity contribution in [2.24, 2.45) is 0 Å². The lowest BCUT2D eigenvalue weighted by molar-refractivity contribution is 0.0712. The van der Waals surface area contributed by atoms with E-state index < -0.39 is 0 Å². The number of likely N-dealkylation sites (tertiary alicyclic amines) is 1. The lowest BCUT2D eigenvalue weighted by atomic mass is 9.76. The van der Waals surface area contributed by atoms with Gasteiger partial charge in [-0.3, -0.25) is 4.79 Å². The van der Waals surface area contributed by atoms with Crippen LogP contribution in [-0.4, -0.2) is 34.1 Å². The number of carbonyl (C=O) groups is 1. The van der Waals surface area contributed by atoms with Gasteiger partial charge in [0, 0.05) is 24.2 Å². The zero-order valence-corrected chi connectivity index (χ0v) is 19.5. The van der Waals surface area contributed by atoms with E-state index in [2.05, 4.69) is 29.3 Å². The third-order valence-electron chi connectivity index (χ3n) is 7.41. The van der Waals surface area contributed by atoms with Gasteiger partial charge in [0.25, 0.3) is 5.91 Å². The number of hydrogen-bond acceptors (Lipinski definition) is 6. The summed E-state index contributed by atoms with van der Waals surface area (Å²) in [5.41, 5.74) is 11.3. The Hall–Kier alpha value is -3.66. The Labute approximate surface area is 199 Å². The third kappa shape index (κ3) is 4.05. The van der Waals surface area contributed by atoms with Crippen molar-refractivity contribution in [2.75, 3.05) is 18.8 Å². The van der Waals surface area contributed by atoms with Crippen molar-refractivity contribution in [1.82, 2.24) is 15.1 Å². The van der Waals surface area contributed by atoms with Crippen molar-refractivity contribution in [2.45, 2.75) is 57.3 Å². The molecule has 1 aliphatic carbocycles. The predicted molar refractivity (Wildman–Crippen MR) is 129 cm³/mol. The minimum atomic E-state index is 0.0294. The minimum Gasteiger partial charge on any atom is -0.404 e. The van der Waals surface area contributed by atoms with E-state index >= 15 is 0 Å². The highest BCUT2D eigenvalue weighted by Gasteiger charge is 2.30. The number of carbonyl (C=O) groups excluding carboxylic acids is 1. The van der Waals surface area contributed by atoms with Gasteiger partial charge in [-0.05, 0) is 72.8 Å². The molecule has 0 bridgehead atoms. The van der Waals surface area contributed by atoms with Crippen LogP contribution in [0.15, 0.2) is 40.8 Å². The molecule has 0 unspecified atom stereocenters. The van der Waals surface area contributed by atoms with Gasteiger partial charge >= 0.3 is 6.01 Å². The van der Waals surface area contributed by atoms with Crippen LogP contribution in [0, 0.1) is 11.3 Å². The number of piperidine rings is 1. The normalized spacial score (nSPS) is 16.8. The summed E-state index contributed by atoms with van der Waals surface area (Å²) in [6.45, 7) is 3.42. The van der Waals surface area contributed by atoms with Gasteiger partial charge < -0.3 is 15.1 Å². The second kappa shape index (κ2) is 9.30. The van der Waals surface area contributed by atoms with Gasteiger partial charge in [-0.1, -0.05) is 42.7 Å². The van der Waals surface area contributed by atoms with E-state index in [-0.39, 0.29) is 11.9 Å². The topological polar surface area (TPSA) is 109 Å². The molecular weight excluding hydrogens is 426 g/mol. The van der Waals surface area contributed by atoms with E-state index in [1.165, 1.54) is 12.0 Å². The van der Waals surface area contributed by atoms with Gasteiger partial charge in [0.2, 0.25) is 5.89 Å². The van der Waals surface area contributed by atoms with Crippen molar-refractivity contribution in [3.63, 3.8) is 0 Å². The Morgan fingerprint density at radius 1 is 1.12 bits per heavy atom. The van der Waals surface area contributed by atoms with Crippen LogP contribution < -0.4 is 5.73 Å². The molecule has 2 aliphatic rings. The van der Waals surface area contributed by atoms with Crippen LogP contribution in [-0.2, 0) is 6.42 Å². The van der Waals surface area contributed by atoms with E-state index in [1.807, 2.05) is 35.2 Å². The second-order valence-corrected chi connectivity index (χ2v) is 9.29. The van der Waals surface area contributed by atoms with Crippen LogP contribution in [0.1, 0.15) is 83.5 Å². The lowest BCUT2D eigenvalue weighted by Gasteiger charge is -2.33. The summed E-state index contributed by atoms with van der Waals surface area (Å²) in [6.07, 6.45) is 5.94. The van der Waals surface area contributed by atoms with Crippen LogP contribution >= 0.6 is 0 Å². The smallest absolute Gasteiger partial charge is 0.313 e. The number of rotatable bonds is 5. The number of hydrogen-bond donors (Lipinski definition) is 1. The molecule has 2 aromatic carbocycles. The first-order chi connectivity index (χ1) is 16.6. The number of nitrogen functional groups attached to an aromatic ring is 1. The Balaban J connectivity index is 1.42. The van der Waals surface area contributed by atoms with Gasteiger partial charge in [0.05, 0.1) is 11.6 Å². The molecule has 5 rings (SSSR count). The van der Waals surface area contributed by atoms with Gasteiger partial charge in [-0.2, -0.15) is 5.26 Å². The van der Waals surface area contributed by atoms with Crippen LogP contribution in [0.2, 0.25) is 0 Å². The Kier molecular flexibility index (Phi) is 6.06. The summed E-state index contributed by atoms with van der Waals surface area (Å²) >= 11 is 0. The molecule has 1 aromatic heterocycles. The maximum atomic E-state index is 13.7. The summed E-state index contributed by atoms with van der Waals surface area (Å²) < 4.78 is 5.57. The van der Waals surface area contributed by atoms with E-state index in [1.54, 1.807) is 0 Å². The van der Waals surface area contributed by atoms with Crippen LogP contribution in [0.3, 0.4) is 0 Å². The number of nitrogens with two attached hydrogens (primary N) is 1. The fourth-order valence-corrected chi connectivity index (χ4v) is 5.26. The molecule has 7 nitrogen and oxygen atoms in total. The Morgan fingerprint density at radius 3 is 2.47 bits per heavy atom. The van der Waals surface area contributed by atoms with Crippen LogP contribution in [0.4, 0.5) is 6.01 Å². The molecule has 34 heavy (non-hydrogen) atoms. The fraction of sp³-hybridized carbons (Fsp3) is 0.407. The first-order valence-corrected chi connectivity index (χ1v) is 12.1. The standard InChI is InChI=1S/C27H29N5O2/c1-2-17-14-22(18-7-5-8-18)24(25-30-31-27(29)34-25)15-23(17)26(33)32-12-10-19(11-13-32)21-9-4-3-6-20(21)16-28/h3-4,6,9,14-15,18-19H,2,5,7-8,10-13H2,1H3,(H2,29,31). The molecule has 0 spiro atoms. The fourth-order valence-electron chi connectivity index (χ4n) is 5.26. The molecule has 174 valence electrons. The number of amides is 1. The zero-order chi connectivity index (χ0) is 23.7. The molecule has 1 amide bonds. The minimum absolute atomic E-state index is 0.0294. The number of anilines is 1. The molecule has 7 heteroatoms. The number of aromatic nitrogens is 2. The molecule has 1 saturated heterocycles. The lowest BCUT2D eigenvalue weighted by Crippen LogP contribution is -2.38. The molecule has 0 radical (unpaired) electrons. The molecule has 0 atom stereocenters. The Bertz CT molecular complexity index is 1250. The predicted octanol–water partition coefficient (Wildman–Crippen LogP) is 5.04. The quantitative estimate of drug-likeness (QED) is 0.577. The van der Waals surface area contributed by atoms with Crippen molar-refractivity contribution in [3.05, 3.63) is 64.2 Å². The van der Waals surface area contributed by atoms with Crippen molar-refractivity contribution in [3.8, 4) is 17.5 Å². The largest absolute Gasteiger partial charge is 0.404 e. The highest BCUT2D eigenvalue weighted by atomic mass is 16.4. The number of nitrogens with zero attached hydrogens (tertiary/aromatic N) is 4. The third-order valence-corrected chi connectivity index (χ3v) is 7.41. The number of nitriles is 1. The van der Waals surface area contributed by atoms with E-state index in [0.717, 1.165) is 54.4 Å². The summed E-state index contributed by atoms with van der Waals surface area (Å²) in [5.74, 6) is 1.16. The summed E-state index contributed by atoms with van der Waals surface area (Å²) in [7, 11) is 0. The van der Waals surface area contributed by atoms with Gasteiger partial charge in [-0.25, -0.2) is 0 Å². The van der Waals surface area contributed by atoms with Gasteiger partial charge in [0.1, 0.15) is 0 Å². The van der Waals surface area contributed by atoms with E-state index in [4.69, 9.17) is 10.2 Å². The maximum absolute atomic E-state index is 13.7. The molecule has 2 heterocycles. The molecule has 3 aromatic rings. The average Bonchev–Trinajstić information content (AvgIpc) is 3.28. The van der Waals surface area contributed by atoms with E-state index in [9.17, 15) is 10.1 Å². The molecule has 2 N–H and O–H groups in total. The first-order valence-electron chi connectivity index (χ1n) is 12.1. The van der Waals surface area contributed by atoms with Crippen molar-refractivity contribution in [1.29, 1.82) is 5.26 Å². The van der Waals surface area contributed by atoms with Crippen molar-refractivity contribution >= 4 is 11.9 Å². The summed E-state index contributed by atoms with van der Waals surface area (Å²) in [4.78, 5) is 15.6. The molecule has 1 saturated carbocycles. The number of aryl methyl sites for hydroxylation is 1. The monoisotopic (exact) mass is 455 g/mol. The number of benzene rings is 2. The summed E-state index contributed by atoms with van der Waals surface area (Å²) in [5, 5.41) is 17.4. The molecular formula is C27H29N5O2. The van der Waals surface area contributed by atoms with Gasteiger partial charge in [0.15, 0.2) is 0 Å². The van der Waals surface area contributed by atoms with Gasteiger partial charge in [-0.15, -0.1) is 5.10 Å². The van der Waals surface area contributed by atoms with Crippen LogP contribution in [0.5, 0.6) is 0 Å². The molecule has 2 fully saturated rings. The Morgan fingerprint density at radius 2 is 1.85 bits per heavy atom. The average molecular weight is 456 g/mol. The SMILES string of the molecule is CCc1cc(C2CCC2)c(-c2nnc(N)o2)cc1C(=O)N1CCC(c2ccccc2C#N)CC1. The first kappa shape index (κ1) is 22.1. The highest BCUT2D eigenvalue weighted by Crippen LogP contribution is 2.42. The van der Waals surface area contributed by atoms with E-state index in [0.29, 0.717) is 36.4 Å². The molecule has 1 aliphatic heterocycles. The summed E-state index contributed by atoms with van der Waals surface area (Å²) in [6, 6.07) is 14.2. The maximum Gasteiger partial charge on any atom is 0.313 e. The second-order valence-electron chi connectivity index (χ2n) is 9.29. The van der Waals surface area contributed by atoms with Crippen LogP contribution in [0.25, 0.3) is 11.5 Å².